The molecule has 1 fully saturated rings. The molecule has 0 aromatic heterocycles. The van der Waals surface area contributed by atoms with Crippen LogP contribution < -0.4 is 5.32 Å². The van der Waals surface area contributed by atoms with Gasteiger partial charge in [0.05, 0.1) is 5.66 Å². The molecule has 1 aliphatic heterocycles. The van der Waals surface area contributed by atoms with Crippen molar-refractivity contribution in [2.45, 2.75) is 25.4 Å². The van der Waals surface area contributed by atoms with Gasteiger partial charge >= 0.3 is 0 Å². The molecular formula is C7H16N2. The molecule has 9 heavy (non-hydrogen) atoms. The maximum Gasteiger partial charge on any atom is 0.0678 e. The van der Waals surface area contributed by atoms with Gasteiger partial charge in [-0.2, -0.15) is 0 Å². The average Bonchev–Trinajstić information content (AvgIpc) is 2.16. The molecule has 0 aliphatic carbocycles. The lowest BCUT2D eigenvalue weighted by atomic mass is 10.1. The third kappa shape index (κ3) is 1.25. The topological polar surface area (TPSA) is 15.3 Å². The molecule has 54 valence electrons. The first kappa shape index (κ1) is 7.03. The van der Waals surface area contributed by atoms with Crippen LogP contribution in [0.3, 0.4) is 0 Å². The molecule has 1 atom stereocenters. The van der Waals surface area contributed by atoms with Gasteiger partial charge in [-0.1, -0.05) is 0 Å². The van der Waals surface area contributed by atoms with Crippen LogP contribution in [0.15, 0.2) is 0 Å². The molecule has 0 bridgehead atoms. The lowest BCUT2D eigenvalue weighted by Gasteiger charge is -2.32. The Morgan fingerprint density at radius 2 is 2.11 bits per heavy atom. The molecule has 0 amide bonds. The number of nitrogens with one attached hydrogen (secondary N) is 1. The van der Waals surface area contributed by atoms with Gasteiger partial charge in [0.1, 0.15) is 0 Å². The summed E-state index contributed by atoms with van der Waals surface area (Å²) in [6.45, 7) is 3.43. The third-order valence-corrected chi connectivity index (χ3v) is 2.33. The molecule has 1 rings (SSSR count). The highest BCUT2D eigenvalue weighted by Crippen LogP contribution is 2.19. The summed E-state index contributed by atoms with van der Waals surface area (Å²) in [6.07, 6.45) is 2.59. The molecule has 1 N–H and O–H groups in total. The van der Waals surface area contributed by atoms with Crippen LogP contribution in [0.25, 0.3) is 0 Å². The fourth-order valence-corrected chi connectivity index (χ4v) is 1.26. The van der Waals surface area contributed by atoms with Crippen LogP contribution in [0.4, 0.5) is 0 Å². The predicted molar refractivity (Wildman–Crippen MR) is 39.3 cm³/mol. The zero-order chi connectivity index (χ0) is 6.91. The second-order valence-electron chi connectivity index (χ2n) is 3.20. The minimum Gasteiger partial charge on any atom is -0.299 e. The Hall–Kier alpha value is -0.0800. The number of nitrogens with zero attached hydrogens (tertiary/aromatic N) is 1. The van der Waals surface area contributed by atoms with Gasteiger partial charge in [-0.25, -0.2) is 0 Å². The lowest BCUT2D eigenvalue weighted by Crippen LogP contribution is -2.49. The van der Waals surface area contributed by atoms with Gasteiger partial charge in [-0.3, -0.25) is 10.2 Å². The maximum atomic E-state index is 3.46. The van der Waals surface area contributed by atoms with Crippen LogP contribution >= 0.6 is 0 Å². The normalized spacial score (nSPS) is 36.0. The van der Waals surface area contributed by atoms with E-state index >= 15 is 0 Å². The van der Waals surface area contributed by atoms with Crippen molar-refractivity contribution in [3.05, 3.63) is 0 Å². The van der Waals surface area contributed by atoms with Gasteiger partial charge < -0.3 is 0 Å². The van der Waals surface area contributed by atoms with Gasteiger partial charge in [0.2, 0.25) is 0 Å². The van der Waals surface area contributed by atoms with E-state index in [1.54, 1.807) is 0 Å². The van der Waals surface area contributed by atoms with Crippen LogP contribution in [0.1, 0.15) is 19.8 Å². The summed E-state index contributed by atoms with van der Waals surface area (Å²) in [7, 11) is 4.25. The Balaban J connectivity index is 2.51. The first-order valence-corrected chi connectivity index (χ1v) is 3.58. The molecule has 0 radical (unpaired) electrons. The summed E-state index contributed by atoms with van der Waals surface area (Å²) < 4.78 is 0. The van der Waals surface area contributed by atoms with Crippen LogP contribution in [0.2, 0.25) is 0 Å². The molecule has 1 aliphatic rings. The minimum atomic E-state index is 0.278. The molecule has 1 unspecified atom stereocenters. The summed E-state index contributed by atoms with van der Waals surface area (Å²) in [5.41, 5.74) is 0.278. The quantitative estimate of drug-likeness (QED) is 0.557. The first-order chi connectivity index (χ1) is 4.15. The largest absolute Gasteiger partial charge is 0.299 e. The van der Waals surface area contributed by atoms with Crippen LogP contribution in [-0.4, -0.2) is 31.2 Å². The van der Waals surface area contributed by atoms with Crippen molar-refractivity contribution in [1.82, 2.24) is 10.2 Å². The van der Waals surface area contributed by atoms with E-state index in [2.05, 4.69) is 31.2 Å². The highest BCUT2D eigenvalue weighted by molar-refractivity contribution is 4.85. The summed E-state index contributed by atoms with van der Waals surface area (Å²) >= 11 is 0. The Morgan fingerprint density at radius 3 is 2.33 bits per heavy atom. The Kier molecular flexibility index (Phi) is 1.78. The lowest BCUT2D eigenvalue weighted by molar-refractivity contribution is 0.154. The summed E-state index contributed by atoms with van der Waals surface area (Å²) in [6, 6.07) is 0. The number of rotatable bonds is 1. The van der Waals surface area contributed by atoms with Crippen molar-refractivity contribution in [1.29, 1.82) is 0 Å². The van der Waals surface area contributed by atoms with Crippen molar-refractivity contribution >= 4 is 0 Å². The zero-order valence-corrected chi connectivity index (χ0v) is 6.57. The summed E-state index contributed by atoms with van der Waals surface area (Å²) in [4.78, 5) is 2.25. The molecule has 1 heterocycles. The van der Waals surface area contributed by atoms with Crippen LogP contribution in [-0.2, 0) is 0 Å². The van der Waals surface area contributed by atoms with E-state index in [0.29, 0.717) is 0 Å². The van der Waals surface area contributed by atoms with Gasteiger partial charge in [-0.15, -0.1) is 0 Å². The molecule has 0 aromatic rings. The second kappa shape index (κ2) is 2.27. The maximum absolute atomic E-state index is 3.46. The van der Waals surface area contributed by atoms with Gasteiger partial charge in [0.15, 0.2) is 0 Å². The average molecular weight is 128 g/mol. The molecule has 0 saturated carbocycles. The Labute approximate surface area is 57.2 Å². The van der Waals surface area contributed by atoms with Crippen molar-refractivity contribution in [3.63, 3.8) is 0 Å². The SMILES string of the molecule is CN(C)C1(C)CCCN1. The van der Waals surface area contributed by atoms with Crippen molar-refractivity contribution < 1.29 is 0 Å². The molecule has 0 aromatic carbocycles. The molecule has 0 spiro atoms. The zero-order valence-electron chi connectivity index (χ0n) is 6.57. The third-order valence-electron chi connectivity index (χ3n) is 2.33. The van der Waals surface area contributed by atoms with Crippen LogP contribution in [0.5, 0.6) is 0 Å². The van der Waals surface area contributed by atoms with E-state index in [1.165, 1.54) is 19.4 Å². The van der Waals surface area contributed by atoms with Crippen molar-refractivity contribution in [2.75, 3.05) is 20.6 Å². The monoisotopic (exact) mass is 128 g/mol. The van der Waals surface area contributed by atoms with Gasteiger partial charge in [-0.05, 0) is 40.4 Å². The molecule has 1 saturated heterocycles. The van der Waals surface area contributed by atoms with Crippen molar-refractivity contribution in [3.8, 4) is 0 Å². The number of hydrogen-bond acceptors (Lipinski definition) is 2. The Morgan fingerprint density at radius 1 is 1.44 bits per heavy atom. The summed E-state index contributed by atoms with van der Waals surface area (Å²) in [5.74, 6) is 0. The Bertz CT molecular complexity index is 93.1. The van der Waals surface area contributed by atoms with E-state index in [1.807, 2.05) is 0 Å². The molecular weight excluding hydrogens is 112 g/mol. The standard InChI is InChI=1S/C7H16N2/c1-7(9(2)3)5-4-6-8-7/h8H,4-6H2,1-3H3. The predicted octanol–water partition coefficient (Wildman–Crippen LogP) is 0.648. The van der Waals surface area contributed by atoms with E-state index in [0.717, 1.165) is 0 Å². The van der Waals surface area contributed by atoms with E-state index < -0.39 is 0 Å². The van der Waals surface area contributed by atoms with Gasteiger partial charge in [0.25, 0.3) is 0 Å². The minimum absolute atomic E-state index is 0.278. The van der Waals surface area contributed by atoms with E-state index in [-0.39, 0.29) is 5.66 Å². The fourth-order valence-electron chi connectivity index (χ4n) is 1.26. The molecule has 2 heteroatoms. The van der Waals surface area contributed by atoms with Gasteiger partial charge in [0, 0.05) is 0 Å². The van der Waals surface area contributed by atoms with Crippen LogP contribution in [0, 0.1) is 0 Å². The molecule has 2 nitrogen and oxygen atoms in total. The van der Waals surface area contributed by atoms with E-state index in [9.17, 15) is 0 Å². The first-order valence-electron chi connectivity index (χ1n) is 3.58. The summed E-state index contributed by atoms with van der Waals surface area (Å²) in [5, 5.41) is 3.46. The fraction of sp³-hybridized carbons (Fsp3) is 1.00. The highest BCUT2D eigenvalue weighted by Gasteiger charge is 2.29. The highest BCUT2D eigenvalue weighted by atomic mass is 15.3. The number of hydrogen-bond donors (Lipinski definition) is 1. The second-order valence-corrected chi connectivity index (χ2v) is 3.20. The van der Waals surface area contributed by atoms with E-state index in [4.69, 9.17) is 0 Å². The smallest absolute Gasteiger partial charge is 0.0678 e. The van der Waals surface area contributed by atoms with Crippen molar-refractivity contribution in [2.24, 2.45) is 0 Å².